The smallest absolute Gasteiger partial charge is 0.316 e. The second kappa shape index (κ2) is 10.1. The lowest BCUT2D eigenvalue weighted by Gasteiger charge is -2.24. The number of aryl methyl sites for hydroxylation is 1. The molecule has 1 unspecified atom stereocenters. The first-order valence-corrected chi connectivity index (χ1v) is 11.0. The predicted molar refractivity (Wildman–Crippen MR) is 117 cm³/mol. The molecule has 1 saturated carbocycles. The van der Waals surface area contributed by atoms with E-state index in [1.807, 2.05) is 26.8 Å². The van der Waals surface area contributed by atoms with Crippen LogP contribution in [0.25, 0.3) is 11.0 Å². The topological polar surface area (TPSA) is 123 Å². The third-order valence-electron chi connectivity index (χ3n) is 5.62. The van der Waals surface area contributed by atoms with Gasteiger partial charge < -0.3 is 30.7 Å². The van der Waals surface area contributed by atoms with Crippen LogP contribution in [-0.4, -0.2) is 41.6 Å². The van der Waals surface area contributed by atoms with Crippen molar-refractivity contribution in [3.05, 3.63) is 17.3 Å². The number of anilines is 1. The molecule has 166 valence electrons. The minimum Gasteiger partial charge on any atom is -0.488 e. The second-order valence-corrected chi connectivity index (χ2v) is 8.38. The van der Waals surface area contributed by atoms with Crippen molar-refractivity contribution in [1.29, 1.82) is 0 Å². The average molecular weight is 419 g/mol. The minimum atomic E-state index is -0.702. The van der Waals surface area contributed by atoms with E-state index in [0.29, 0.717) is 35.9 Å². The number of hydrogen-bond donors (Lipinski definition) is 4. The van der Waals surface area contributed by atoms with Crippen molar-refractivity contribution >= 4 is 22.7 Å². The average Bonchev–Trinajstić information content (AvgIpc) is 3.15. The highest BCUT2D eigenvalue weighted by molar-refractivity contribution is 5.99. The Balaban J connectivity index is 2.00. The lowest BCUT2D eigenvalue weighted by molar-refractivity contribution is 0.106. The van der Waals surface area contributed by atoms with Crippen molar-refractivity contribution in [2.24, 2.45) is 5.73 Å². The van der Waals surface area contributed by atoms with Crippen LogP contribution in [0.15, 0.2) is 10.6 Å². The van der Waals surface area contributed by atoms with Gasteiger partial charge in [-0.3, -0.25) is 0 Å². The van der Waals surface area contributed by atoms with E-state index in [-0.39, 0.29) is 12.6 Å². The van der Waals surface area contributed by atoms with Crippen LogP contribution in [0.5, 0.6) is 5.75 Å². The van der Waals surface area contributed by atoms with Crippen LogP contribution in [0, 0.1) is 0 Å². The van der Waals surface area contributed by atoms with Crippen LogP contribution in [-0.2, 0) is 6.42 Å². The number of nitrogens with two attached hydrogens (primary N) is 1. The number of aromatic nitrogens is 1. The number of nitrogens with one attached hydrogen (secondary N) is 2. The number of hydrogen-bond acceptors (Lipinski definition) is 6. The number of rotatable bonds is 9. The molecule has 1 aromatic heterocycles. The number of carbonyl (C=O) groups excluding carboxylic acids is 1. The molecule has 1 aliphatic carbocycles. The Hall–Kier alpha value is -2.32. The number of nitrogens with zero attached hydrogens (tertiary/aromatic N) is 1. The summed E-state index contributed by atoms with van der Waals surface area (Å²) in [5.41, 5.74) is 8.45. The number of urea groups is 1. The Labute approximate surface area is 177 Å². The fourth-order valence-electron chi connectivity index (χ4n) is 4.12. The molecular weight excluding hydrogens is 384 g/mol. The monoisotopic (exact) mass is 418 g/mol. The van der Waals surface area contributed by atoms with Crippen molar-refractivity contribution in [2.75, 3.05) is 18.5 Å². The van der Waals surface area contributed by atoms with Crippen LogP contribution in [0.3, 0.4) is 0 Å². The Kier molecular flexibility index (Phi) is 7.55. The molecule has 0 saturated heterocycles. The van der Waals surface area contributed by atoms with E-state index in [2.05, 4.69) is 15.8 Å². The van der Waals surface area contributed by atoms with E-state index in [4.69, 9.17) is 15.0 Å². The van der Waals surface area contributed by atoms with E-state index in [9.17, 15) is 9.90 Å². The SMILES string of the molecule is CCc1noc2c(C3CCCCC3)cc(NC(N)=O)c(OCC(O)CNC(C)C)c12. The van der Waals surface area contributed by atoms with Gasteiger partial charge in [-0.15, -0.1) is 0 Å². The summed E-state index contributed by atoms with van der Waals surface area (Å²) in [5.74, 6) is 0.798. The van der Waals surface area contributed by atoms with Gasteiger partial charge in [0.25, 0.3) is 0 Å². The van der Waals surface area contributed by atoms with Gasteiger partial charge in [0.15, 0.2) is 11.3 Å². The summed E-state index contributed by atoms with van der Waals surface area (Å²) in [5, 5.41) is 21.2. The first-order valence-electron chi connectivity index (χ1n) is 11.0. The van der Waals surface area contributed by atoms with Crippen molar-refractivity contribution < 1.29 is 19.2 Å². The van der Waals surface area contributed by atoms with Gasteiger partial charge in [-0.25, -0.2) is 4.79 Å². The van der Waals surface area contributed by atoms with Gasteiger partial charge in [-0.1, -0.05) is 45.2 Å². The number of amides is 2. The highest BCUT2D eigenvalue weighted by atomic mass is 16.5. The highest BCUT2D eigenvalue weighted by Gasteiger charge is 2.27. The molecule has 2 amide bonds. The molecule has 1 fully saturated rings. The molecule has 8 nitrogen and oxygen atoms in total. The van der Waals surface area contributed by atoms with Crippen molar-refractivity contribution in [3.63, 3.8) is 0 Å². The number of aliphatic hydroxyl groups is 1. The van der Waals surface area contributed by atoms with Crippen LogP contribution in [0.4, 0.5) is 10.5 Å². The molecule has 2 aromatic rings. The van der Waals surface area contributed by atoms with E-state index >= 15 is 0 Å². The van der Waals surface area contributed by atoms with E-state index < -0.39 is 12.1 Å². The van der Waals surface area contributed by atoms with Crippen LogP contribution < -0.4 is 21.1 Å². The number of ether oxygens (including phenoxy) is 1. The van der Waals surface area contributed by atoms with Crippen LogP contribution >= 0.6 is 0 Å². The van der Waals surface area contributed by atoms with Crippen LogP contribution in [0.2, 0.25) is 0 Å². The standard InChI is InChI=1S/C22H34N4O4/c1-4-17-19-20(30-26-17)16(14-8-6-5-7-9-14)10-18(25-22(23)28)21(19)29-12-15(27)11-24-13(2)3/h10,13-15,24,27H,4-9,11-12H2,1-3H3,(H3,23,25,28). The molecule has 1 aromatic carbocycles. The normalized spacial score (nSPS) is 16.2. The summed E-state index contributed by atoms with van der Waals surface area (Å²) < 4.78 is 11.8. The predicted octanol–water partition coefficient (Wildman–Crippen LogP) is 3.67. The molecule has 0 aliphatic heterocycles. The zero-order valence-electron chi connectivity index (χ0n) is 18.2. The molecule has 1 aliphatic rings. The van der Waals surface area contributed by atoms with E-state index in [1.165, 1.54) is 19.3 Å². The maximum absolute atomic E-state index is 11.7. The van der Waals surface area contributed by atoms with Gasteiger partial charge in [0, 0.05) is 18.2 Å². The molecule has 1 heterocycles. The minimum absolute atomic E-state index is 0.0688. The largest absolute Gasteiger partial charge is 0.488 e. The molecule has 3 rings (SSSR count). The first-order chi connectivity index (χ1) is 14.4. The Morgan fingerprint density at radius 3 is 2.73 bits per heavy atom. The van der Waals surface area contributed by atoms with Crippen LogP contribution in [0.1, 0.15) is 70.1 Å². The molecule has 30 heavy (non-hydrogen) atoms. The lowest BCUT2D eigenvalue weighted by atomic mass is 9.83. The first kappa shape index (κ1) is 22.4. The molecule has 8 heteroatoms. The van der Waals surface area contributed by atoms with Gasteiger partial charge in [-0.05, 0) is 31.2 Å². The fourth-order valence-corrected chi connectivity index (χ4v) is 4.12. The molecule has 0 radical (unpaired) electrons. The maximum Gasteiger partial charge on any atom is 0.316 e. The number of carbonyl (C=O) groups is 1. The van der Waals surface area contributed by atoms with E-state index in [1.54, 1.807) is 0 Å². The van der Waals surface area contributed by atoms with Gasteiger partial charge in [0.1, 0.15) is 12.7 Å². The summed E-state index contributed by atoms with van der Waals surface area (Å²) in [4.78, 5) is 11.7. The molecule has 0 bridgehead atoms. The second-order valence-electron chi connectivity index (χ2n) is 8.38. The van der Waals surface area contributed by atoms with Crippen molar-refractivity contribution in [1.82, 2.24) is 10.5 Å². The molecule has 5 N–H and O–H groups in total. The number of aliphatic hydroxyl groups excluding tert-OH is 1. The zero-order chi connectivity index (χ0) is 21.7. The lowest BCUT2D eigenvalue weighted by Crippen LogP contribution is -2.35. The Morgan fingerprint density at radius 2 is 2.10 bits per heavy atom. The third kappa shape index (κ3) is 5.23. The quantitative estimate of drug-likeness (QED) is 0.493. The third-order valence-corrected chi connectivity index (χ3v) is 5.62. The Bertz CT molecular complexity index is 858. The highest BCUT2D eigenvalue weighted by Crippen LogP contribution is 2.44. The van der Waals surface area contributed by atoms with E-state index in [0.717, 1.165) is 29.5 Å². The molecule has 0 spiro atoms. The summed E-state index contributed by atoms with van der Waals surface area (Å²) in [6.07, 6.45) is 5.70. The zero-order valence-corrected chi connectivity index (χ0v) is 18.2. The molecule has 1 atom stereocenters. The fraction of sp³-hybridized carbons (Fsp3) is 0.636. The van der Waals surface area contributed by atoms with Crippen molar-refractivity contribution in [3.8, 4) is 5.75 Å². The van der Waals surface area contributed by atoms with Crippen molar-refractivity contribution in [2.45, 2.75) is 77.4 Å². The Morgan fingerprint density at radius 1 is 1.37 bits per heavy atom. The van der Waals surface area contributed by atoms with Gasteiger partial charge >= 0.3 is 6.03 Å². The summed E-state index contributed by atoms with van der Waals surface area (Å²) >= 11 is 0. The summed E-state index contributed by atoms with van der Waals surface area (Å²) in [6.45, 7) is 6.50. The van der Waals surface area contributed by atoms with Gasteiger partial charge in [0.05, 0.1) is 16.8 Å². The molecular formula is C22H34N4O4. The van der Waals surface area contributed by atoms with Gasteiger partial charge in [0.2, 0.25) is 0 Å². The van der Waals surface area contributed by atoms with Gasteiger partial charge in [-0.2, -0.15) is 0 Å². The number of fused-ring (bicyclic) bond motifs is 1. The summed E-state index contributed by atoms with van der Waals surface area (Å²) in [7, 11) is 0. The number of primary amides is 1. The summed E-state index contributed by atoms with van der Waals surface area (Å²) in [6, 6.07) is 1.50. The maximum atomic E-state index is 11.7. The number of benzene rings is 1.